The van der Waals surface area contributed by atoms with Gasteiger partial charge in [0.2, 0.25) is 0 Å². The number of nitrogens with two attached hydrogens (primary N) is 1. The molecule has 2 rings (SSSR count). The largest absolute Gasteiger partial charge is 0.381 e. The maximum absolute atomic E-state index is 5.66. The van der Waals surface area contributed by atoms with Gasteiger partial charge in [-0.15, -0.1) is 0 Å². The molecule has 60 valence electrons. The van der Waals surface area contributed by atoms with Crippen molar-refractivity contribution in [1.82, 2.24) is 8.75 Å². The molecule has 1 aliphatic rings. The average molecular weight is 169 g/mol. The van der Waals surface area contributed by atoms with E-state index >= 15 is 0 Å². The Morgan fingerprint density at radius 3 is 2.55 bits per heavy atom. The summed E-state index contributed by atoms with van der Waals surface area (Å²) in [5, 5.41) is 0. The second-order valence-corrected chi connectivity index (χ2v) is 3.54. The standard InChI is InChI=1S/C7H11N3S/c8-7-6(9-11-10-7)5-3-1-2-4-5/h5H,1-4H2,(H2,8,10). The van der Waals surface area contributed by atoms with E-state index < -0.39 is 0 Å². The van der Waals surface area contributed by atoms with Crippen molar-refractivity contribution in [3.05, 3.63) is 5.69 Å². The molecule has 1 aromatic rings. The van der Waals surface area contributed by atoms with Gasteiger partial charge in [-0.3, -0.25) is 0 Å². The first-order valence-corrected chi connectivity index (χ1v) is 4.69. The molecule has 0 aliphatic heterocycles. The van der Waals surface area contributed by atoms with E-state index in [0.29, 0.717) is 11.7 Å². The van der Waals surface area contributed by atoms with Gasteiger partial charge in [0.1, 0.15) is 5.69 Å². The molecule has 1 saturated carbocycles. The molecule has 1 aliphatic carbocycles. The summed E-state index contributed by atoms with van der Waals surface area (Å²) >= 11 is 1.23. The van der Waals surface area contributed by atoms with Crippen molar-refractivity contribution in [3.63, 3.8) is 0 Å². The van der Waals surface area contributed by atoms with Crippen molar-refractivity contribution in [2.75, 3.05) is 5.73 Å². The Morgan fingerprint density at radius 1 is 1.27 bits per heavy atom. The summed E-state index contributed by atoms with van der Waals surface area (Å²) in [6.45, 7) is 0. The molecule has 0 saturated heterocycles. The van der Waals surface area contributed by atoms with Gasteiger partial charge in [-0.05, 0) is 12.8 Å². The van der Waals surface area contributed by atoms with E-state index in [4.69, 9.17) is 5.73 Å². The fourth-order valence-corrected chi connectivity index (χ4v) is 2.24. The van der Waals surface area contributed by atoms with E-state index in [2.05, 4.69) is 8.75 Å². The van der Waals surface area contributed by atoms with Crippen molar-refractivity contribution >= 4 is 17.5 Å². The Bertz CT molecular complexity index is 240. The van der Waals surface area contributed by atoms with E-state index in [1.807, 2.05) is 0 Å². The van der Waals surface area contributed by atoms with Crippen molar-refractivity contribution in [1.29, 1.82) is 0 Å². The van der Waals surface area contributed by atoms with Gasteiger partial charge in [-0.1, -0.05) is 12.8 Å². The van der Waals surface area contributed by atoms with Gasteiger partial charge in [-0.2, -0.15) is 8.75 Å². The monoisotopic (exact) mass is 169 g/mol. The zero-order valence-corrected chi connectivity index (χ0v) is 7.10. The summed E-state index contributed by atoms with van der Waals surface area (Å²) in [6, 6.07) is 0. The fourth-order valence-electron chi connectivity index (χ4n) is 1.68. The predicted octanol–water partition coefficient (Wildman–Crippen LogP) is 1.78. The SMILES string of the molecule is Nc1nsnc1C1CCCC1. The van der Waals surface area contributed by atoms with Crippen LogP contribution in [-0.4, -0.2) is 8.75 Å². The molecule has 0 amide bonds. The van der Waals surface area contributed by atoms with Crippen LogP contribution in [0.15, 0.2) is 0 Å². The minimum Gasteiger partial charge on any atom is -0.381 e. The van der Waals surface area contributed by atoms with Gasteiger partial charge in [0, 0.05) is 5.92 Å². The maximum Gasteiger partial charge on any atom is 0.160 e. The third kappa shape index (κ3) is 1.22. The van der Waals surface area contributed by atoms with Crippen molar-refractivity contribution in [2.24, 2.45) is 0 Å². The number of hydrogen-bond acceptors (Lipinski definition) is 4. The van der Waals surface area contributed by atoms with Gasteiger partial charge in [0.05, 0.1) is 11.7 Å². The smallest absolute Gasteiger partial charge is 0.160 e. The highest BCUT2D eigenvalue weighted by atomic mass is 32.1. The summed E-state index contributed by atoms with van der Waals surface area (Å²) < 4.78 is 8.17. The van der Waals surface area contributed by atoms with Crippen LogP contribution in [0, 0.1) is 0 Å². The summed E-state index contributed by atoms with van der Waals surface area (Å²) in [6.07, 6.45) is 5.13. The van der Waals surface area contributed by atoms with Crippen LogP contribution in [0.2, 0.25) is 0 Å². The summed E-state index contributed by atoms with van der Waals surface area (Å²) in [5.41, 5.74) is 6.71. The lowest BCUT2D eigenvalue weighted by Crippen LogP contribution is -1.97. The molecule has 0 bridgehead atoms. The Balaban J connectivity index is 2.21. The van der Waals surface area contributed by atoms with E-state index in [-0.39, 0.29) is 0 Å². The number of rotatable bonds is 1. The van der Waals surface area contributed by atoms with Crippen LogP contribution in [0.25, 0.3) is 0 Å². The molecule has 0 aromatic carbocycles. The zero-order chi connectivity index (χ0) is 7.68. The lowest BCUT2D eigenvalue weighted by molar-refractivity contribution is 0.708. The van der Waals surface area contributed by atoms with Crippen LogP contribution in [0.5, 0.6) is 0 Å². The molecule has 0 atom stereocenters. The number of nitrogens with zero attached hydrogens (tertiary/aromatic N) is 2. The van der Waals surface area contributed by atoms with Crippen LogP contribution in [0.3, 0.4) is 0 Å². The minimum absolute atomic E-state index is 0.605. The minimum atomic E-state index is 0.605. The van der Waals surface area contributed by atoms with Crippen molar-refractivity contribution < 1.29 is 0 Å². The third-order valence-electron chi connectivity index (χ3n) is 2.28. The number of hydrogen-bond donors (Lipinski definition) is 1. The lowest BCUT2D eigenvalue weighted by atomic mass is 10.0. The summed E-state index contributed by atoms with van der Waals surface area (Å²) in [5.74, 6) is 1.26. The average Bonchev–Trinajstić information content (AvgIpc) is 2.55. The highest BCUT2D eigenvalue weighted by Crippen LogP contribution is 2.35. The normalized spacial score (nSPS) is 19.3. The summed E-state index contributed by atoms with van der Waals surface area (Å²) in [4.78, 5) is 0. The predicted molar refractivity (Wildman–Crippen MR) is 45.5 cm³/mol. The first kappa shape index (κ1) is 7.03. The van der Waals surface area contributed by atoms with Gasteiger partial charge >= 0.3 is 0 Å². The van der Waals surface area contributed by atoms with Gasteiger partial charge in [-0.25, -0.2) is 0 Å². The first-order valence-electron chi connectivity index (χ1n) is 3.96. The number of aromatic nitrogens is 2. The molecule has 1 heterocycles. The lowest BCUT2D eigenvalue weighted by Gasteiger charge is -2.03. The molecule has 4 heteroatoms. The third-order valence-corrected chi connectivity index (χ3v) is 2.84. The maximum atomic E-state index is 5.66. The molecule has 11 heavy (non-hydrogen) atoms. The molecule has 3 nitrogen and oxygen atoms in total. The van der Waals surface area contributed by atoms with Gasteiger partial charge < -0.3 is 5.73 Å². The highest BCUT2D eigenvalue weighted by Gasteiger charge is 2.21. The second-order valence-electron chi connectivity index (χ2n) is 3.02. The van der Waals surface area contributed by atoms with Gasteiger partial charge in [0.15, 0.2) is 5.82 Å². The van der Waals surface area contributed by atoms with Crippen LogP contribution in [0.4, 0.5) is 5.82 Å². The van der Waals surface area contributed by atoms with Crippen LogP contribution in [-0.2, 0) is 0 Å². The molecule has 0 unspecified atom stereocenters. The molecule has 2 N–H and O–H groups in total. The molecule has 1 fully saturated rings. The number of anilines is 1. The van der Waals surface area contributed by atoms with Crippen molar-refractivity contribution in [3.8, 4) is 0 Å². The van der Waals surface area contributed by atoms with E-state index in [1.54, 1.807) is 0 Å². The Morgan fingerprint density at radius 2 is 2.00 bits per heavy atom. The second kappa shape index (κ2) is 2.77. The molecular formula is C7H11N3S. The van der Waals surface area contributed by atoms with E-state index in [9.17, 15) is 0 Å². The van der Waals surface area contributed by atoms with E-state index in [1.165, 1.54) is 37.4 Å². The molecule has 1 aromatic heterocycles. The number of nitrogen functional groups attached to an aromatic ring is 1. The Kier molecular flexibility index (Phi) is 1.77. The van der Waals surface area contributed by atoms with Gasteiger partial charge in [0.25, 0.3) is 0 Å². The topological polar surface area (TPSA) is 51.8 Å². The quantitative estimate of drug-likeness (QED) is 0.697. The van der Waals surface area contributed by atoms with Crippen LogP contribution in [0.1, 0.15) is 37.3 Å². The molecule has 0 radical (unpaired) electrons. The van der Waals surface area contributed by atoms with E-state index in [0.717, 1.165) is 5.69 Å². The first-order chi connectivity index (χ1) is 5.38. The molecular weight excluding hydrogens is 158 g/mol. The Labute approximate surface area is 70.0 Å². The molecule has 0 spiro atoms. The highest BCUT2D eigenvalue weighted by molar-refractivity contribution is 6.99. The van der Waals surface area contributed by atoms with Crippen molar-refractivity contribution in [2.45, 2.75) is 31.6 Å². The van der Waals surface area contributed by atoms with Crippen LogP contribution < -0.4 is 5.73 Å². The van der Waals surface area contributed by atoms with Crippen LogP contribution >= 0.6 is 11.7 Å². The fraction of sp³-hybridized carbons (Fsp3) is 0.714. The summed E-state index contributed by atoms with van der Waals surface area (Å²) in [7, 11) is 0. The zero-order valence-electron chi connectivity index (χ0n) is 6.29. The Hall–Kier alpha value is -0.640.